The molecule has 0 radical (unpaired) electrons. The zero-order valence-electron chi connectivity index (χ0n) is 15.1. The Hall–Kier alpha value is -3.41. The van der Waals surface area contributed by atoms with Gasteiger partial charge in [0, 0.05) is 11.8 Å². The molecule has 6 heteroatoms. The van der Waals surface area contributed by atoms with Crippen LogP contribution in [0.4, 0.5) is 0 Å². The van der Waals surface area contributed by atoms with Gasteiger partial charge >= 0.3 is 0 Å². The molecule has 2 N–H and O–H groups in total. The van der Waals surface area contributed by atoms with Gasteiger partial charge in [0.25, 0.3) is 5.91 Å². The van der Waals surface area contributed by atoms with E-state index in [1.165, 1.54) is 0 Å². The number of ether oxygens (including phenoxy) is 1. The molecule has 0 fully saturated rings. The standard InChI is InChI=1S/C21H21N3O3/c1-2-27-19-10-6-4-8-16(19)12-14-20(25)23-24-21(26)18-13-11-15-7-3-5-9-17(15)22-18/h3-11,13H,2,12,14H2,1H3,(H,23,25)(H,24,26). The highest BCUT2D eigenvalue weighted by atomic mass is 16.5. The molecule has 6 nitrogen and oxygen atoms in total. The van der Waals surface area contributed by atoms with E-state index in [1.807, 2.05) is 61.5 Å². The molecule has 1 aromatic heterocycles. The Morgan fingerprint density at radius 3 is 2.59 bits per heavy atom. The van der Waals surface area contributed by atoms with Crippen LogP contribution in [0.3, 0.4) is 0 Å². The molecule has 3 rings (SSSR count). The number of carbonyl (C=O) groups is 2. The number of aryl methyl sites for hydroxylation is 1. The van der Waals surface area contributed by atoms with Gasteiger partial charge in [0.2, 0.25) is 5.91 Å². The van der Waals surface area contributed by atoms with Crippen LogP contribution in [0, 0.1) is 0 Å². The third kappa shape index (κ3) is 4.82. The minimum absolute atomic E-state index is 0.232. The van der Waals surface area contributed by atoms with Crippen LogP contribution >= 0.6 is 0 Å². The van der Waals surface area contributed by atoms with Crippen molar-refractivity contribution < 1.29 is 14.3 Å². The van der Waals surface area contributed by atoms with Crippen molar-refractivity contribution in [2.24, 2.45) is 0 Å². The molecule has 0 bridgehead atoms. The van der Waals surface area contributed by atoms with Gasteiger partial charge in [-0.15, -0.1) is 0 Å². The summed E-state index contributed by atoms with van der Waals surface area (Å²) in [6, 6.07) is 18.6. The summed E-state index contributed by atoms with van der Waals surface area (Å²) in [4.78, 5) is 28.5. The summed E-state index contributed by atoms with van der Waals surface area (Å²) in [7, 11) is 0. The van der Waals surface area contributed by atoms with Crippen molar-refractivity contribution in [3.8, 4) is 5.75 Å². The van der Waals surface area contributed by atoms with Crippen molar-refractivity contribution in [1.82, 2.24) is 15.8 Å². The molecule has 0 aliphatic carbocycles. The summed E-state index contributed by atoms with van der Waals surface area (Å²) in [5, 5.41) is 0.950. The number of aromatic nitrogens is 1. The number of nitrogens with zero attached hydrogens (tertiary/aromatic N) is 1. The summed E-state index contributed by atoms with van der Waals surface area (Å²) in [5.74, 6) is 0.0384. The van der Waals surface area contributed by atoms with E-state index in [4.69, 9.17) is 4.74 Å². The number of benzene rings is 2. The molecule has 27 heavy (non-hydrogen) atoms. The Balaban J connectivity index is 1.53. The second-order valence-corrected chi connectivity index (χ2v) is 5.93. The molecule has 2 aromatic carbocycles. The number of para-hydroxylation sites is 2. The number of hydrogen-bond donors (Lipinski definition) is 2. The number of fused-ring (bicyclic) bond motifs is 1. The first kappa shape index (κ1) is 18.4. The van der Waals surface area contributed by atoms with Crippen molar-refractivity contribution in [1.29, 1.82) is 0 Å². The number of hydrazine groups is 1. The highest BCUT2D eigenvalue weighted by Gasteiger charge is 2.11. The van der Waals surface area contributed by atoms with E-state index in [-0.39, 0.29) is 18.0 Å². The van der Waals surface area contributed by atoms with E-state index in [0.29, 0.717) is 13.0 Å². The Bertz CT molecular complexity index is 956. The second-order valence-electron chi connectivity index (χ2n) is 5.93. The third-order valence-corrected chi connectivity index (χ3v) is 4.04. The fourth-order valence-corrected chi connectivity index (χ4v) is 2.70. The van der Waals surface area contributed by atoms with Crippen molar-refractivity contribution in [3.05, 3.63) is 71.9 Å². The lowest BCUT2D eigenvalue weighted by atomic mass is 10.1. The maximum Gasteiger partial charge on any atom is 0.288 e. The molecular weight excluding hydrogens is 342 g/mol. The van der Waals surface area contributed by atoms with Crippen molar-refractivity contribution >= 4 is 22.7 Å². The van der Waals surface area contributed by atoms with Gasteiger partial charge in [-0.2, -0.15) is 0 Å². The Kier molecular flexibility index (Phi) is 5.99. The summed E-state index contributed by atoms with van der Waals surface area (Å²) in [5.41, 5.74) is 6.77. The fraction of sp³-hybridized carbons (Fsp3) is 0.190. The number of hydrogen-bond acceptors (Lipinski definition) is 4. The fourth-order valence-electron chi connectivity index (χ4n) is 2.70. The van der Waals surface area contributed by atoms with Gasteiger partial charge in [0.1, 0.15) is 11.4 Å². The third-order valence-electron chi connectivity index (χ3n) is 4.04. The number of pyridine rings is 1. The molecule has 0 unspecified atom stereocenters. The molecule has 0 aliphatic heterocycles. The molecule has 2 amide bonds. The van der Waals surface area contributed by atoms with E-state index in [2.05, 4.69) is 15.8 Å². The van der Waals surface area contributed by atoms with Crippen molar-refractivity contribution in [2.75, 3.05) is 6.61 Å². The van der Waals surface area contributed by atoms with Gasteiger partial charge in [0.05, 0.1) is 12.1 Å². The van der Waals surface area contributed by atoms with Crippen LogP contribution in [0.1, 0.15) is 29.4 Å². The SMILES string of the molecule is CCOc1ccccc1CCC(=O)NNC(=O)c1ccc2ccccc2n1. The normalized spacial score (nSPS) is 10.4. The zero-order chi connectivity index (χ0) is 19.1. The van der Waals surface area contributed by atoms with E-state index in [9.17, 15) is 9.59 Å². The predicted molar refractivity (Wildman–Crippen MR) is 103 cm³/mol. The Morgan fingerprint density at radius 2 is 1.74 bits per heavy atom. The molecule has 138 valence electrons. The van der Waals surface area contributed by atoms with Gasteiger partial charge in [0.15, 0.2) is 0 Å². The topological polar surface area (TPSA) is 80.3 Å². The van der Waals surface area contributed by atoms with Gasteiger partial charge < -0.3 is 4.74 Å². The van der Waals surface area contributed by atoms with Crippen LogP contribution in [-0.2, 0) is 11.2 Å². The van der Waals surface area contributed by atoms with Gasteiger partial charge in [-0.05, 0) is 37.1 Å². The van der Waals surface area contributed by atoms with E-state index < -0.39 is 5.91 Å². The largest absolute Gasteiger partial charge is 0.494 e. The highest BCUT2D eigenvalue weighted by molar-refractivity contribution is 5.95. The summed E-state index contributed by atoms with van der Waals surface area (Å²) in [6.07, 6.45) is 0.752. The molecule has 0 aliphatic rings. The van der Waals surface area contributed by atoms with Crippen LogP contribution in [0.2, 0.25) is 0 Å². The second kappa shape index (κ2) is 8.80. The number of rotatable bonds is 6. The zero-order valence-corrected chi connectivity index (χ0v) is 15.1. The highest BCUT2D eigenvalue weighted by Crippen LogP contribution is 2.19. The predicted octanol–water partition coefficient (Wildman–Crippen LogP) is 3.03. The summed E-state index contributed by atoms with van der Waals surface area (Å²) < 4.78 is 5.55. The minimum atomic E-state index is -0.455. The number of nitrogens with one attached hydrogen (secondary N) is 2. The maximum absolute atomic E-state index is 12.2. The van der Waals surface area contributed by atoms with E-state index in [1.54, 1.807) is 6.07 Å². The van der Waals surface area contributed by atoms with Crippen molar-refractivity contribution in [2.45, 2.75) is 19.8 Å². The number of carbonyl (C=O) groups excluding carboxylic acids is 2. The maximum atomic E-state index is 12.2. The van der Waals surface area contributed by atoms with Crippen LogP contribution in [-0.4, -0.2) is 23.4 Å². The Morgan fingerprint density at radius 1 is 0.963 bits per heavy atom. The monoisotopic (exact) mass is 363 g/mol. The number of amides is 2. The van der Waals surface area contributed by atoms with Crippen LogP contribution < -0.4 is 15.6 Å². The summed E-state index contributed by atoms with van der Waals surface area (Å²) >= 11 is 0. The van der Waals surface area contributed by atoms with Crippen LogP contribution in [0.5, 0.6) is 5.75 Å². The first-order valence-corrected chi connectivity index (χ1v) is 8.83. The molecule has 0 spiro atoms. The lowest BCUT2D eigenvalue weighted by Gasteiger charge is -2.10. The Labute approximate surface area is 157 Å². The van der Waals surface area contributed by atoms with E-state index in [0.717, 1.165) is 22.2 Å². The minimum Gasteiger partial charge on any atom is -0.494 e. The quantitative estimate of drug-likeness (QED) is 0.660. The molecular formula is C21H21N3O3. The molecule has 0 saturated carbocycles. The molecule has 0 saturated heterocycles. The van der Waals surface area contributed by atoms with Crippen molar-refractivity contribution in [3.63, 3.8) is 0 Å². The van der Waals surface area contributed by atoms with Crippen LogP contribution in [0.15, 0.2) is 60.7 Å². The molecule has 3 aromatic rings. The average Bonchev–Trinajstić information content (AvgIpc) is 2.71. The van der Waals surface area contributed by atoms with Gasteiger partial charge in [-0.25, -0.2) is 4.98 Å². The van der Waals surface area contributed by atoms with Gasteiger partial charge in [-0.3, -0.25) is 20.4 Å². The average molecular weight is 363 g/mol. The first-order chi connectivity index (χ1) is 13.2. The van der Waals surface area contributed by atoms with Gasteiger partial charge in [-0.1, -0.05) is 42.5 Å². The lowest BCUT2D eigenvalue weighted by molar-refractivity contribution is -0.121. The smallest absolute Gasteiger partial charge is 0.288 e. The first-order valence-electron chi connectivity index (χ1n) is 8.83. The van der Waals surface area contributed by atoms with Crippen LogP contribution in [0.25, 0.3) is 10.9 Å². The lowest BCUT2D eigenvalue weighted by Crippen LogP contribution is -2.42. The van der Waals surface area contributed by atoms with E-state index >= 15 is 0 Å². The molecule has 1 heterocycles. The summed E-state index contributed by atoms with van der Waals surface area (Å²) in [6.45, 7) is 2.48. The molecule has 0 atom stereocenters.